The molecule has 1 aromatic heterocycles. The molecule has 0 saturated heterocycles. The number of aliphatic carboxylic acids is 1. The topological polar surface area (TPSA) is 106 Å². The molecule has 1 amide bonds. The molecule has 0 bridgehead atoms. The normalized spacial score (nSPS) is 12.3. The van der Waals surface area contributed by atoms with Crippen LogP contribution in [0.5, 0.6) is 5.75 Å². The summed E-state index contributed by atoms with van der Waals surface area (Å²) < 4.78 is 7.15. The van der Waals surface area contributed by atoms with Crippen molar-refractivity contribution in [3.05, 3.63) is 35.7 Å². The predicted octanol–water partition coefficient (Wildman–Crippen LogP) is 2.59. The SMILES string of the molecule is Cc1c(C(=O)NC(CC(C)C)C(=O)O)nnn1-c1ccc(OC(C)C)cc1. The molecular formula is C19H26N4O4. The van der Waals surface area contributed by atoms with Gasteiger partial charge in [-0.3, -0.25) is 4.79 Å². The highest BCUT2D eigenvalue weighted by molar-refractivity contribution is 5.95. The van der Waals surface area contributed by atoms with Crippen molar-refractivity contribution >= 4 is 11.9 Å². The predicted molar refractivity (Wildman–Crippen MR) is 100 cm³/mol. The van der Waals surface area contributed by atoms with E-state index in [1.54, 1.807) is 6.92 Å². The van der Waals surface area contributed by atoms with Crippen molar-refractivity contribution in [3.63, 3.8) is 0 Å². The van der Waals surface area contributed by atoms with Gasteiger partial charge in [-0.1, -0.05) is 19.1 Å². The van der Waals surface area contributed by atoms with Crippen molar-refractivity contribution in [2.45, 2.75) is 53.2 Å². The highest BCUT2D eigenvalue weighted by Gasteiger charge is 2.25. The Bertz CT molecular complexity index is 797. The molecule has 27 heavy (non-hydrogen) atoms. The minimum Gasteiger partial charge on any atom is -0.491 e. The zero-order valence-electron chi connectivity index (χ0n) is 16.3. The summed E-state index contributed by atoms with van der Waals surface area (Å²) in [5, 5.41) is 19.8. The third-order valence-corrected chi connectivity index (χ3v) is 3.87. The quantitative estimate of drug-likeness (QED) is 0.736. The highest BCUT2D eigenvalue weighted by atomic mass is 16.5. The molecule has 0 radical (unpaired) electrons. The second kappa shape index (κ2) is 8.66. The van der Waals surface area contributed by atoms with E-state index < -0.39 is 17.9 Å². The van der Waals surface area contributed by atoms with E-state index in [9.17, 15) is 14.7 Å². The summed E-state index contributed by atoms with van der Waals surface area (Å²) in [4.78, 5) is 23.8. The third-order valence-electron chi connectivity index (χ3n) is 3.87. The summed E-state index contributed by atoms with van der Waals surface area (Å²) in [5.74, 6) is -0.744. The van der Waals surface area contributed by atoms with Gasteiger partial charge in [0.2, 0.25) is 0 Å². The molecule has 8 nitrogen and oxygen atoms in total. The second-order valence-electron chi connectivity index (χ2n) is 7.09. The van der Waals surface area contributed by atoms with E-state index in [1.807, 2.05) is 52.0 Å². The molecule has 2 N–H and O–H groups in total. The second-order valence-corrected chi connectivity index (χ2v) is 7.09. The van der Waals surface area contributed by atoms with Gasteiger partial charge in [0.15, 0.2) is 5.69 Å². The molecule has 0 aliphatic heterocycles. The van der Waals surface area contributed by atoms with Gasteiger partial charge in [0.25, 0.3) is 5.91 Å². The molecule has 0 fully saturated rings. The van der Waals surface area contributed by atoms with Crippen LogP contribution < -0.4 is 10.1 Å². The van der Waals surface area contributed by atoms with Gasteiger partial charge in [0.1, 0.15) is 11.8 Å². The Labute approximate surface area is 158 Å². The van der Waals surface area contributed by atoms with E-state index in [-0.39, 0.29) is 17.7 Å². The lowest BCUT2D eigenvalue weighted by molar-refractivity contribution is -0.139. The van der Waals surface area contributed by atoms with Gasteiger partial charge in [0, 0.05) is 0 Å². The number of carbonyl (C=O) groups is 2. The largest absolute Gasteiger partial charge is 0.491 e. The monoisotopic (exact) mass is 374 g/mol. The van der Waals surface area contributed by atoms with Crippen LogP contribution in [0, 0.1) is 12.8 Å². The first kappa shape index (κ1) is 20.4. The Kier molecular flexibility index (Phi) is 6.55. The number of nitrogens with zero attached hydrogens (tertiary/aromatic N) is 3. The van der Waals surface area contributed by atoms with Gasteiger partial charge in [-0.15, -0.1) is 5.10 Å². The van der Waals surface area contributed by atoms with Crippen molar-refractivity contribution in [2.24, 2.45) is 5.92 Å². The summed E-state index contributed by atoms with van der Waals surface area (Å²) in [6.07, 6.45) is 0.415. The van der Waals surface area contributed by atoms with Gasteiger partial charge in [-0.25, -0.2) is 9.48 Å². The molecule has 2 rings (SSSR count). The lowest BCUT2D eigenvalue weighted by Crippen LogP contribution is -2.42. The number of rotatable bonds is 8. The number of amides is 1. The molecule has 1 unspecified atom stereocenters. The van der Waals surface area contributed by atoms with Crippen LogP contribution in [-0.2, 0) is 4.79 Å². The fraction of sp³-hybridized carbons (Fsp3) is 0.474. The lowest BCUT2D eigenvalue weighted by Gasteiger charge is -2.15. The smallest absolute Gasteiger partial charge is 0.326 e. The van der Waals surface area contributed by atoms with Crippen LogP contribution >= 0.6 is 0 Å². The zero-order chi connectivity index (χ0) is 20.1. The summed E-state index contributed by atoms with van der Waals surface area (Å²) in [6.45, 7) is 9.41. The Balaban J connectivity index is 2.18. The maximum atomic E-state index is 12.5. The number of carboxylic acid groups (broad SMARTS) is 1. The Hall–Kier alpha value is -2.90. The number of hydrogen-bond donors (Lipinski definition) is 2. The Morgan fingerprint density at radius 1 is 1.19 bits per heavy atom. The molecule has 0 spiro atoms. The van der Waals surface area contributed by atoms with Crippen LogP contribution in [0.15, 0.2) is 24.3 Å². The van der Waals surface area contributed by atoms with E-state index in [0.29, 0.717) is 12.1 Å². The van der Waals surface area contributed by atoms with Crippen LogP contribution in [0.2, 0.25) is 0 Å². The van der Waals surface area contributed by atoms with Crippen LogP contribution in [0.3, 0.4) is 0 Å². The van der Waals surface area contributed by atoms with E-state index in [1.165, 1.54) is 4.68 Å². The molecule has 0 aliphatic rings. The molecule has 1 heterocycles. The van der Waals surface area contributed by atoms with Gasteiger partial charge in [-0.05, 0) is 57.4 Å². The van der Waals surface area contributed by atoms with Crippen molar-refractivity contribution < 1.29 is 19.4 Å². The standard InChI is InChI=1S/C19H26N4O4/c1-11(2)10-16(19(25)26)20-18(24)17-13(5)23(22-21-17)14-6-8-15(9-7-14)27-12(3)4/h6-9,11-12,16H,10H2,1-5H3,(H,20,24)(H,25,26). The lowest BCUT2D eigenvalue weighted by atomic mass is 10.0. The van der Waals surface area contributed by atoms with Gasteiger partial charge in [-0.2, -0.15) is 0 Å². The fourth-order valence-electron chi connectivity index (χ4n) is 2.64. The molecule has 0 saturated carbocycles. The average Bonchev–Trinajstić information content (AvgIpc) is 2.95. The number of nitrogens with one attached hydrogen (secondary N) is 1. The van der Waals surface area contributed by atoms with Crippen molar-refractivity contribution in [1.29, 1.82) is 0 Å². The molecule has 2 aromatic rings. The highest BCUT2D eigenvalue weighted by Crippen LogP contribution is 2.18. The van der Waals surface area contributed by atoms with E-state index in [0.717, 1.165) is 11.4 Å². The van der Waals surface area contributed by atoms with Crippen LogP contribution in [-0.4, -0.2) is 44.1 Å². The minimum atomic E-state index is -1.07. The Morgan fingerprint density at radius 3 is 2.33 bits per heavy atom. The first-order valence-electron chi connectivity index (χ1n) is 8.92. The average molecular weight is 374 g/mol. The molecular weight excluding hydrogens is 348 g/mol. The van der Waals surface area contributed by atoms with Crippen molar-refractivity contribution in [1.82, 2.24) is 20.3 Å². The molecule has 146 valence electrons. The summed E-state index contributed by atoms with van der Waals surface area (Å²) >= 11 is 0. The van der Waals surface area contributed by atoms with Crippen LogP contribution in [0.4, 0.5) is 0 Å². The van der Waals surface area contributed by atoms with Gasteiger partial charge in [0.05, 0.1) is 17.5 Å². The molecule has 1 aromatic carbocycles. The van der Waals surface area contributed by atoms with Crippen molar-refractivity contribution in [2.75, 3.05) is 0 Å². The molecule has 8 heteroatoms. The van der Waals surface area contributed by atoms with Crippen LogP contribution in [0.1, 0.15) is 50.3 Å². The van der Waals surface area contributed by atoms with E-state index in [4.69, 9.17) is 4.74 Å². The van der Waals surface area contributed by atoms with Crippen molar-refractivity contribution in [3.8, 4) is 11.4 Å². The fourth-order valence-corrected chi connectivity index (χ4v) is 2.64. The first-order valence-corrected chi connectivity index (χ1v) is 8.92. The van der Waals surface area contributed by atoms with Crippen LogP contribution in [0.25, 0.3) is 5.69 Å². The maximum absolute atomic E-state index is 12.5. The minimum absolute atomic E-state index is 0.0762. The molecule has 0 aliphatic carbocycles. The van der Waals surface area contributed by atoms with Gasteiger partial charge < -0.3 is 15.2 Å². The third kappa shape index (κ3) is 5.29. The number of ether oxygens (including phenoxy) is 1. The number of carbonyl (C=O) groups excluding carboxylic acids is 1. The summed E-state index contributed by atoms with van der Waals surface area (Å²) in [6, 6.07) is 6.31. The molecule has 1 atom stereocenters. The first-order chi connectivity index (χ1) is 12.7. The van der Waals surface area contributed by atoms with Gasteiger partial charge >= 0.3 is 5.97 Å². The maximum Gasteiger partial charge on any atom is 0.326 e. The summed E-state index contributed by atoms with van der Waals surface area (Å²) in [7, 11) is 0. The number of benzene rings is 1. The zero-order valence-corrected chi connectivity index (χ0v) is 16.3. The Morgan fingerprint density at radius 2 is 1.81 bits per heavy atom. The van der Waals surface area contributed by atoms with E-state index >= 15 is 0 Å². The number of aromatic nitrogens is 3. The number of hydrogen-bond acceptors (Lipinski definition) is 5. The number of carboxylic acids is 1. The van der Waals surface area contributed by atoms with E-state index in [2.05, 4.69) is 15.6 Å². The summed E-state index contributed by atoms with van der Waals surface area (Å²) in [5.41, 5.74) is 1.36.